The summed E-state index contributed by atoms with van der Waals surface area (Å²) >= 11 is 0. The van der Waals surface area contributed by atoms with Gasteiger partial charge in [-0.25, -0.2) is 9.78 Å². The molecule has 8 heteroatoms. The Labute approximate surface area is 235 Å². The molecule has 0 bridgehead atoms. The first kappa shape index (κ1) is 23.6. The van der Waals surface area contributed by atoms with Crippen LogP contribution in [0.15, 0.2) is 100 Å². The Bertz CT molecular complexity index is 1920. The average Bonchev–Trinajstić information content (AvgIpc) is 3.82. The molecule has 0 fully saturated rings. The zero-order valence-corrected chi connectivity index (χ0v) is 22.3. The van der Waals surface area contributed by atoms with Crippen LogP contribution in [0.1, 0.15) is 38.9 Å². The Kier molecular flexibility index (Phi) is 5.28. The van der Waals surface area contributed by atoms with Gasteiger partial charge in [0.05, 0.1) is 72.1 Å². The molecule has 8 nitrogen and oxygen atoms in total. The van der Waals surface area contributed by atoms with E-state index in [-0.39, 0.29) is 6.04 Å². The van der Waals surface area contributed by atoms with Gasteiger partial charge in [0.15, 0.2) is 0 Å². The van der Waals surface area contributed by atoms with Crippen LogP contribution in [0.25, 0.3) is 22.4 Å². The van der Waals surface area contributed by atoms with Crippen LogP contribution < -0.4 is 10.2 Å². The summed E-state index contributed by atoms with van der Waals surface area (Å²) in [7, 11) is 1.39. The van der Waals surface area contributed by atoms with Crippen molar-refractivity contribution < 1.29 is 18.4 Å². The second kappa shape index (κ2) is 9.16. The minimum Gasteiger partial charge on any atom is -0.472 e. The number of ether oxygens (including phenoxy) is 1. The van der Waals surface area contributed by atoms with Crippen molar-refractivity contribution in [3.63, 3.8) is 0 Å². The molecule has 3 aromatic heterocycles. The van der Waals surface area contributed by atoms with Gasteiger partial charge in [-0.3, -0.25) is 0 Å². The molecule has 5 heterocycles. The number of methoxy groups -OCH3 is 1. The number of nitrogens with one attached hydrogen (secondary N) is 1. The zero-order chi connectivity index (χ0) is 27.5. The molecule has 8 rings (SSSR count). The van der Waals surface area contributed by atoms with Gasteiger partial charge in [-0.2, -0.15) is 0 Å². The van der Waals surface area contributed by atoms with Gasteiger partial charge >= 0.3 is 5.97 Å². The van der Waals surface area contributed by atoms with Gasteiger partial charge in [0.25, 0.3) is 0 Å². The summed E-state index contributed by atoms with van der Waals surface area (Å²) in [5.41, 5.74) is 10.0. The Hall–Kier alpha value is -5.24. The van der Waals surface area contributed by atoms with E-state index in [0.29, 0.717) is 17.6 Å². The molecule has 0 aliphatic carbocycles. The molecule has 0 radical (unpaired) electrons. The third-order valence-electron chi connectivity index (χ3n) is 8.12. The topological polar surface area (TPSA) is 85.7 Å². The number of benzene rings is 3. The van der Waals surface area contributed by atoms with Crippen LogP contribution in [0, 0.1) is 0 Å². The molecule has 3 aromatic carbocycles. The third kappa shape index (κ3) is 3.67. The van der Waals surface area contributed by atoms with Crippen molar-refractivity contribution in [2.45, 2.75) is 19.0 Å². The van der Waals surface area contributed by atoms with Gasteiger partial charge in [-0.05, 0) is 60.5 Å². The fourth-order valence-corrected chi connectivity index (χ4v) is 6.31. The molecular formula is C33H26N4O4. The second-order valence-corrected chi connectivity index (χ2v) is 10.4. The summed E-state index contributed by atoms with van der Waals surface area (Å²) < 4.78 is 18.4. The highest BCUT2D eigenvalue weighted by Crippen LogP contribution is 2.51. The van der Waals surface area contributed by atoms with E-state index in [4.69, 9.17) is 18.6 Å². The number of carbonyl (C=O) groups is 1. The molecule has 1 N–H and O–H groups in total. The first-order chi connectivity index (χ1) is 20.2. The number of fused-ring (bicyclic) bond motifs is 3. The van der Waals surface area contributed by atoms with Crippen LogP contribution in [-0.4, -0.2) is 29.2 Å². The van der Waals surface area contributed by atoms with E-state index in [1.165, 1.54) is 23.9 Å². The van der Waals surface area contributed by atoms with E-state index >= 15 is 0 Å². The number of rotatable bonds is 5. The molecular weight excluding hydrogens is 516 g/mol. The SMILES string of the molecule is COC(=O)c1ccc2c(c1)nc(-c1cccc3c1N1CCc4cccc(c41)C(c1ccoc1)N3)n2Cc1ccco1. The monoisotopic (exact) mass is 542 g/mol. The maximum Gasteiger partial charge on any atom is 0.337 e. The summed E-state index contributed by atoms with van der Waals surface area (Å²) in [5.74, 6) is 1.22. The lowest BCUT2D eigenvalue weighted by Gasteiger charge is -2.24. The van der Waals surface area contributed by atoms with Crippen LogP contribution in [0.5, 0.6) is 0 Å². The van der Waals surface area contributed by atoms with Gasteiger partial charge in [0.1, 0.15) is 11.6 Å². The lowest BCUT2D eigenvalue weighted by atomic mass is 9.97. The van der Waals surface area contributed by atoms with Crippen LogP contribution >= 0.6 is 0 Å². The fraction of sp³-hybridized carbons (Fsp3) is 0.152. The van der Waals surface area contributed by atoms with Crippen molar-refractivity contribution in [1.29, 1.82) is 0 Å². The van der Waals surface area contributed by atoms with E-state index in [9.17, 15) is 4.79 Å². The fourth-order valence-electron chi connectivity index (χ4n) is 6.31. The van der Waals surface area contributed by atoms with Crippen LogP contribution in [-0.2, 0) is 17.7 Å². The third-order valence-corrected chi connectivity index (χ3v) is 8.12. The summed E-state index contributed by atoms with van der Waals surface area (Å²) in [6, 6.07) is 24.2. The van der Waals surface area contributed by atoms with Crippen LogP contribution in [0.3, 0.4) is 0 Å². The molecule has 1 atom stereocenters. The summed E-state index contributed by atoms with van der Waals surface area (Å²) in [4.78, 5) is 19.9. The Morgan fingerprint density at radius 3 is 2.80 bits per heavy atom. The minimum atomic E-state index is -0.390. The van der Waals surface area contributed by atoms with E-state index in [1.807, 2.05) is 30.5 Å². The smallest absolute Gasteiger partial charge is 0.337 e. The summed E-state index contributed by atoms with van der Waals surface area (Å²) in [5, 5.41) is 3.83. The number of aromatic nitrogens is 2. The Morgan fingerprint density at radius 2 is 1.98 bits per heavy atom. The van der Waals surface area contributed by atoms with E-state index in [2.05, 4.69) is 51.2 Å². The van der Waals surface area contributed by atoms with E-state index in [1.54, 1.807) is 24.7 Å². The first-order valence-corrected chi connectivity index (χ1v) is 13.6. The minimum absolute atomic E-state index is 0.0645. The number of furan rings is 2. The van der Waals surface area contributed by atoms with Gasteiger partial charge in [-0.1, -0.05) is 24.3 Å². The Morgan fingerprint density at radius 1 is 1.05 bits per heavy atom. The average molecular weight is 543 g/mol. The predicted molar refractivity (Wildman–Crippen MR) is 156 cm³/mol. The molecule has 202 valence electrons. The molecule has 6 aromatic rings. The van der Waals surface area contributed by atoms with Crippen molar-refractivity contribution in [3.8, 4) is 11.4 Å². The van der Waals surface area contributed by atoms with Crippen molar-refractivity contribution >= 4 is 34.1 Å². The summed E-state index contributed by atoms with van der Waals surface area (Å²) in [6.07, 6.45) is 6.17. The standard InChI is InChI=1S/C33H26N4O4/c1-39-33(38)21-10-11-28-27(17-21)35-32(37(28)18-23-6-4-15-41-23)25-8-3-9-26-31(25)36-14-12-20-5-2-7-24(30(20)36)29(34-26)22-13-16-40-19-22/h2-11,13,15-17,19,29,34H,12,14,18H2,1H3. The number of hydrogen-bond donors (Lipinski definition) is 1. The highest BCUT2D eigenvalue weighted by molar-refractivity contribution is 5.97. The molecule has 41 heavy (non-hydrogen) atoms. The first-order valence-electron chi connectivity index (χ1n) is 13.6. The lowest BCUT2D eigenvalue weighted by molar-refractivity contribution is 0.0601. The number of nitrogens with zero attached hydrogens (tertiary/aromatic N) is 3. The van der Waals surface area contributed by atoms with E-state index < -0.39 is 5.97 Å². The number of anilines is 3. The molecule has 0 saturated carbocycles. The largest absolute Gasteiger partial charge is 0.472 e. The maximum atomic E-state index is 12.3. The number of imidazole rings is 1. The lowest BCUT2D eigenvalue weighted by Crippen LogP contribution is -2.16. The number of para-hydroxylation sites is 2. The maximum absolute atomic E-state index is 12.3. The molecule has 1 unspecified atom stereocenters. The number of esters is 1. The number of carbonyl (C=O) groups excluding carboxylic acids is 1. The van der Waals surface area contributed by atoms with Crippen molar-refractivity contribution in [2.75, 3.05) is 23.9 Å². The molecule has 2 aliphatic heterocycles. The zero-order valence-electron chi connectivity index (χ0n) is 22.3. The normalized spacial score (nSPS) is 15.3. The second-order valence-electron chi connectivity index (χ2n) is 10.4. The van der Waals surface area contributed by atoms with Gasteiger partial charge < -0.3 is 28.4 Å². The van der Waals surface area contributed by atoms with Crippen molar-refractivity contribution in [3.05, 3.63) is 120 Å². The number of hydrogen-bond acceptors (Lipinski definition) is 7. The van der Waals surface area contributed by atoms with Crippen molar-refractivity contribution in [1.82, 2.24) is 9.55 Å². The van der Waals surface area contributed by atoms with E-state index in [0.717, 1.165) is 52.6 Å². The quantitative estimate of drug-likeness (QED) is 0.236. The van der Waals surface area contributed by atoms with Crippen LogP contribution in [0.4, 0.5) is 17.1 Å². The highest BCUT2D eigenvalue weighted by atomic mass is 16.5. The van der Waals surface area contributed by atoms with Gasteiger partial charge in [0.2, 0.25) is 0 Å². The molecule has 0 saturated heterocycles. The summed E-state index contributed by atoms with van der Waals surface area (Å²) in [6.45, 7) is 1.36. The van der Waals surface area contributed by atoms with Crippen molar-refractivity contribution in [2.24, 2.45) is 0 Å². The van der Waals surface area contributed by atoms with Gasteiger partial charge in [-0.15, -0.1) is 0 Å². The molecule has 0 spiro atoms. The molecule has 2 aliphatic rings. The Balaban J connectivity index is 1.37. The molecule has 0 amide bonds. The van der Waals surface area contributed by atoms with Crippen LogP contribution in [0.2, 0.25) is 0 Å². The van der Waals surface area contributed by atoms with Gasteiger partial charge in [0, 0.05) is 23.2 Å². The predicted octanol–water partition coefficient (Wildman–Crippen LogP) is 6.93. The highest BCUT2D eigenvalue weighted by Gasteiger charge is 2.35.